The summed E-state index contributed by atoms with van der Waals surface area (Å²) in [6.07, 6.45) is -0.163. The molecule has 198 valence electrons. The van der Waals surface area contributed by atoms with Crippen LogP contribution in [-0.2, 0) is 6.54 Å². The van der Waals surface area contributed by atoms with Gasteiger partial charge in [-0.2, -0.15) is 0 Å². The van der Waals surface area contributed by atoms with Gasteiger partial charge < -0.3 is 14.7 Å². The second-order valence-electron chi connectivity index (χ2n) is 9.30. The molecule has 0 saturated carbocycles. The second-order valence-corrected chi connectivity index (χ2v) is 9.68. The van der Waals surface area contributed by atoms with Crippen molar-refractivity contribution in [1.82, 2.24) is 19.4 Å². The van der Waals surface area contributed by atoms with Gasteiger partial charge in [-0.1, -0.05) is 29.7 Å². The number of phenolic OH excluding ortho intramolecular Hbond substituents is 1. The lowest BCUT2D eigenvalue weighted by atomic mass is 9.91. The summed E-state index contributed by atoms with van der Waals surface area (Å²) in [6, 6.07) is 4.65. The number of carbonyl (C=O) groups excluding carboxylic acids is 1. The number of hydrogen-bond donors (Lipinski definition) is 1. The molecule has 5 rings (SSSR count). The number of nitrogens with zero attached hydrogens (tertiary/aromatic N) is 4. The van der Waals surface area contributed by atoms with Crippen molar-refractivity contribution in [2.75, 3.05) is 19.7 Å². The van der Waals surface area contributed by atoms with Crippen LogP contribution in [0.5, 0.6) is 11.5 Å². The number of ether oxygens (including phenoxy) is 1. The molecule has 0 unspecified atom stereocenters. The number of aromatic nitrogens is 2. The molecule has 3 heterocycles. The van der Waals surface area contributed by atoms with Crippen LogP contribution in [0.2, 0.25) is 5.15 Å². The van der Waals surface area contributed by atoms with Gasteiger partial charge in [-0.3, -0.25) is 9.47 Å². The summed E-state index contributed by atoms with van der Waals surface area (Å²) in [5, 5.41) is 10.7. The van der Waals surface area contributed by atoms with Crippen LogP contribution in [0.1, 0.15) is 37.0 Å². The number of hydrogen-bond acceptors (Lipinski definition) is 5. The number of fused-ring (bicyclic) bond motifs is 2. The summed E-state index contributed by atoms with van der Waals surface area (Å²) in [4.78, 5) is 20.7. The highest BCUT2D eigenvalue weighted by molar-refractivity contribution is 6.29. The van der Waals surface area contributed by atoms with E-state index in [9.17, 15) is 18.7 Å². The standard InChI is InChI=1S/C27H24ClF3N4O3/c1-3-5-16-8-17-10-35-15(2)9-33(27(37)34-12-21(28)32-14-34)11-18(35)13-38-25(17)24(29)22(16)23-19(26(30)31)6-4-7-20(23)36/h4,6-8,12,14-15,18,26,36H,9-11,13H2,1-2H3/t15-,18+/m0/s1. The number of alkyl halides is 2. The summed E-state index contributed by atoms with van der Waals surface area (Å²) >= 11 is 5.87. The monoisotopic (exact) mass is 544 g/mol. The number of carbonyl (C=O) groups is 1. The van der Waals surface area contributed by atoms with Gasteiger partial charge in [0.15, 0.2) is 11.6 Å². The van der Waals surface area contributed by atoms with Gasteiger partial charge >= 0.3 is 6.03 Å². The van der Waals surface area contributed by atoms with Gasteiger partial charge in [0.25, 0.3) is 6.43 Å². The average molecular weight is 545 g/mol. The molecule has 3 aromatic rings. The Kier molecular flexibility index (Phi) is 6.99. The van der Waals surface area contributed by atoms with Gasteiger partial charge in [0.2, 0.25) is 0 Å². The Balaban J connectivity index is 1.53. The minimum atomic E-state index is -2.94. The number of aromatic hydroxyl groups is 1. The van der Waals surface area contributed by atoms with Crippen LogP contribution < -0.4 is 4.74 Å². The minimum absolute atomic E-state index is 0.0590. The fourth-order valence-corrected chi connectivity index (χ4v) is 5.35. The SMILES string of the molecule is CC#Cc1cc2c(c(F)c1-c1c(O)cccc1C(F)F)OC[C@H]1CN(C(=O)n3cnc(Cl)c3)C[C@H](C)N1C2. The number of phenols is 1. The summed E-state index contributed by atoms with van der Waals surface area (Å²) in [5.41, 5.74) is -0.360. The Morgan fingerprint density at radius 1 is 1.29 bits per heavy atom. The van der Waals surface area contributed by atoms with Crippen molar-refractivity contribution < 1.29 is 27.8 Å². The molecule has 0 spiro atoms. The highest BCUT2D eigenvalue weighted by Crippen LogP contribution is 2.44. The predicted molar refractivity (Wildman–Crippen MR) is 135 cm³/mol. The molecule has 1 amide bonds. The first-order valence-corrected chi connectivity index (χ1v) is 12.3. The molecule has 1 saturated heterocycles. The Morgan fingerprint density at radius 3 is 2.76 bits per heavy atom. The number of rotatable bonds is 2. The van der Waals surface area contributed by atoms with Crippen molar-refractivity contribution >= 4 is 17.6 Å². The van der Waals surface area contributed by atoms with E-state index in [2.05, 4.69) is 21.7 Å². The fraction of sp³-hybridized carbons (Fsp3) is 0.333. The van der Waals surface area contributed by atoms with E-state index in [0.717, 1.165) is 6.07 Å². The molecular weight excluding hydrogens is 521 g/mol. The number of amides is 1. The maximum absolute atomic E-state index is 16.2. The van der Waals surface area contributed by atoms with E-state index in [1.807, 2.05) is 6.92 Å². The smallest absolute Gasteiger partial charge is 0.329 e. The van der Waals surface area contributed by atoms with Crippen LogP contribution in [0, 0.1) is 17.7 Å². The van der Waals surface area contributed by atoms with Crippen LogP contribution in [0.4, 0.5) is 18.0 Å². The summed E-state index contributed by atoms with van der Waals surface area (Å²) in [7, 11) is 0. The minimum Gasteiger partial charge on any atom is -0.507 e. The molecule has 38 heavy (non-hydrogen) atoms. The first-order valence-electron chi connectivity index (χ1n) is 11.9. The summed E-state index contributed by atoms with van der Waals surface area (Å²) in [5.74, 6) is 4.10. The molecule has 1 fully saturated rings. The quantitative estimate of drug-likeness (QED) is 0.444. The van der Waals surface area contributed by atoms with Crippen molar-refractivity contribution in [3.05, 3.63) is 64.5 Å². The Hall–Kier alpha value is -3.68. The van der Waals surface area contributed by atoms with Crippen molar-refractivity contribution in [1.29, 1.82) is 0 Å². The third-order valence-corrected chi connectivity index (χ3v) is 7.08. The Morgan fingerprint density at radius 2 is 2.08 bits per heavy atom. The van der Waals surface area contributed by atoms with E-state index in [4.69, 9.17) is 16.3 Å². The number of halogens is 4. The summed E-state index contributed by atoms with van der Waals surface area (Å²) in [6.45, 7) is 4.62. The maximum Gasteiger partial charge on any atom is 0.329 e. The van der Waals surface area contributed by atoms with Crippen molar-refractivity contribution in [3.63, 3.8) is 0 Å². The highest BCUT2D eigenvalue weighted by atomic mass is 35.5. The molecule has 2 aromatic carbocycles. The van der Waals surface area contributed by atoms with Gasteiger partial charge in [0, 0.05) is 53.5 Å². The van der Waals surface area contributed by atoms with E-state index in [0.29, 0.717) is 25.2 Å². The highest BCUT2D eigenvalue weighted by Gasteiger charge is 2.38. The molecular formula is C27H24ClF3N4O3. The van der Waals surface area contributed by atoms with Gasteiger partial charge in [0.05, 0.1) is 12.2 Å². The van der Waals surface area contributed by atoms with Crippen molar-refractivity contribution in [2.24, 2.45) is 0 Å². The zero-order chi connectivity index (χ0) is 27.1. The van der Waals surface area contributed by atoms with Crippen molar-refractivity contribution in [3.8, 4) is 34.5 Å². The molecule has 11 heteroatoms. The first kappa shape index (κ1) is 25.9. The Labute approximate surface area is 222 Å². The van der Waals surface area contributed by atoms with Crippen LogP contribution in [0.15, 0.2) is 36.8 Å². The van der Waals surface area contributed by atoms with E-state index in [-0.39, 0.29) is 52.3 Å². The predicted octanol–water partition coefficient (Wildman–Crippen LogP) is 5.29. The lowest BCUT2D eigenvalue weighted by Crippen LogP contribution is -2.60. The largest absolute Gasteiger partial charge is 0.507 e. The molecule has 2 aliphatic rings. The summed E-state index contributed by atoms with van der Waals surface area (Å²) < 4.78 is 51.2. The van der Waals surface area contributed by atoms with E-state index < -0.39 is 23.6 Å². The van der Waals surface area contributed by atoms with Crippen LogP contribution in [0.25, 0.3) is 11.1 Å². The topological polar surface area (TPSA) is 70.8 Å². The van der Waals surface area contributed by atoms with Crippen LogP contribution in [0.3, 0.4) is 0 Å². The van der Waals surface area contributed by atoms with E-state index in [1.165, 1.54) is 29.2 Å². The molecule has 1 N–H and O–H groups in total. The van der Waals surface area contributed by atoms with Gasteiger partial charge in [-0.05, 0) is 26.0 Å². The molecule has 7 nitrogen and oxygen atoms in total. The van der Waals surface area contributed by atoms with Crippen molar-refractivity contribution in [2.45, 2.75) is 38.9 Å². The Bertz CT molecular complexity index is 1470. The molecule has 1 aromatic heterocycles. The lowest BCUT2D eigenvalue weighted by molar-refractivity contribution is 0.0272. The normalized spacial score (nSPS) is 19.2. The second kappa shape index (κ2) is 10.2. The van der Waals surface area contributed by atoms with Crippen LogP contribution in [-0.4, -0.2) is 62.3 Å². The number of piperazine rings is 1. The molecule has 0 radical (unpaired) electrons. The first-order chi connectivity index (χ1) is 18.2. The van der Waals surface area contributed by atoms with Crippen LogP contribution >= 0.6 is 11.6 Å². The molecule has 0 bridgehead atoms. The number of imidazole rings is 1. The average Bonchev–Trinajstić information content (AvgIpc) is 3.22. The molecule has 2 atom stereocenters. The third kappa shape index (κ3) is 4.57. The van der Waals surface area contributed by atoms with E-state index >= 15 is 4.39 Å². The zero-order valence-electron chi connectivity index (χ0n) is 20.6. The fourth-order valence-electron chi connectivity index (χ4n) is 5.20. The van der Waals surface area contributed by atoms with Gasteiger partial charge in [-0.25, -0.2) is 22.9 Å². The van der Waals surface area contributed by atoms with E-state index in [1.54, 1.807) is 17.9 Å². The lowest BCUT2D eigenvalue weighted by Gasteiger charge is -2.44. The number of benzene rings is 2. The zero-order valence-corrected chi connectivity index (χ0v) is 21.3. The maximum atomic E-state index is 16.2. The molecule has 2 aliphatic heterocycles. The van der Waals surface area contributed by atoms with Gasteiger partial charge in [0.1, 0.15) is 23.8 Å². The van der Waals surface area contributed by atoms with Gasteiger partial charge in [-0.15, -0.1) is 5.92 Å². The third-order valence-electron chi connectivity index (χ3n) is 6.88. The molecule has 0 aliphatic carbocycles.